The maximum absolute atomic E-state index is 12.0. The van der Waals surface area contributed by atoms with Crippen LogP contribution < -0.4 is 0 Å². The van der Waals surface area contributed by atoms with Crippen LogP contribution in [0.5, 0.6) is 0 Å². The lowest BCUT2D eigenvalue weighted by atomic mass is 10.0. The van der Waals surface area contributed by atoms with Gasteiger partial charge in [0.2, 0.25) is 0 Å². The van der Waals surface area contributed by atoms with E-state index in [2.05, 4.69) is 0 Å². The molecule has 0 unspecified atom stereocenters. The van der Waals surface area contributed by atoms with Crippen LogP contribution in [-0.4, -0.2) is 24.3 Å². The molecule has 0 aliphatic heterocycles. The molecule has 0 saturated carbocycles. The highest BCUT2D eigenvalue weighted by Gasteiger charge is 2.07. The average Bonchev–Trinajstić information content (AvgIpc) is 2.49. The predicted octanol–water partition coefficient (Wildman–Crippen LogP) is 2.34. The van der Waals surface area contributed by atoms with Crippen LogP contribution in [0.4, 0.5) is 0 Å². The molecule has 1 N–H and O–H groups in total. The molecule has 0 bridgehead atoms. The van der Waals surface area contributed by atoms with Gasteiger partial charge in [0.25, 0.3) is 0 Å². The van der Waals surface area contributed by atoms with Crippen molar-refractivity contribution >= 4 is 12.1 Å². The van der Waals surface area contributed by atoms with Crippen LogP contribution in [0.2, 0.25) is 0 Å². The Morgan fingerprint density at radius 2 is 1.39 bits per heavy atom. The summed E-state index contributed by atoms with van der Waals surface area (Å²) in [6.45, 7) is 0. The monoisotopic (exact) mass is 242 g/mol. The molecular formula is C15H14O3. The number of hydrogen-bond donors (Lipinski definition) is 1. The molecule has 0 fully saturated rings. The van der Waals surface area contributed by atoms with Gasteiger partial charge < -0.3 is 5.11 Å². The second-order valence-corrected chi connectivity index (χ2v) is 3.44. The molecule has 0 atom stereocenters. The van der Waals surface area contributed by atoms with E-state index in [1.54, 1.807) is 36.4 Å². The van der Waals surface area contributed by atoms with Crippen LogP contribution in [0.3, 0.4) is 0 Å². The molecule has 0 aromatic heterocycles. The lowest BCUT2D eigenvalue weighted by molar-refractivity contribution is 0.103. The predicted molar refractivity (Wildman–Crippen MR) is 69.8 cm³/mol. The summed E-state index contributed by atoms with van der Waals surface area (Å²) >= 11 is 0. The minimum atomic E-state index is -0.0296. The van der Waals surface area contributed by atoms with E-state index in [1.165, 1.54) is 0 Å². The largest absolute Gasteiger partial charge is 0.400 e. The molecule has 2 aromatic carbocycles. The van der Waals surface area contributed by atoms with E-state index >= 15 is 0 Å². The smallest absolute Gasteiger partial charge is 0.193 e. The lowest BCUT2D eigenvalue weighted by Gasteiger charge is -2.00. The summed E-state index contributed by atoms with van der Waals surface area (Å²) in [6.07, 6.45) is 0.761. The minimum Gasteiger partial charge on any atom is -0.400 e. The van der Waals surface area contributed by atoms with Crippen LogP contribution in [0, 0.1) is 0 Å². The zero-order valence-corrected chi connectivity index (χ0v) is 10.0. The van der Waals surface area contributed by atoms with E-state index in [-0.39, 0.29) is 5.78 Å². The van der Waals surface area contributed by atoms with Gasteiger partial charge in [-0.15, -0.1) is 0 Å². The van der Waals surface area contributed by atoms with E-state index in [0.717, 1.165) is 13.4 Å². The fourth-order valence-corrected chi connectivity index (χ4v) is 1.47. The maximum atomic E-state index is 12.0. The minimum absolute atomic E-state index is 0.0296. The summed E-state index contributed by atoms with van der Waals surface area (Å²) in [5, 5.41) is 7.00. The third-order valence-corrected chi connectivity index (χ3v) is 2.34. The molecule has 0 heterocycles. The summed E-state index contributed by atoms with van der Waals surface area (Å²) in [6, 6.07) is 15.7. The number of aldehydes is 1. The highest BCUT2D eigenvalue weighted by atomic mass is 16.2. The van der Waals surface area contributed by atoms with E-state index in [0.29, 0.717) is 16.7 Å². The van der Waals surface area contributed by atoms with Crippen molar-refractivity contribution in [3.63, 3.8) is 0 Å². The molecule has 0 aliphatic rings. The van der Waals surface area contributed by atoms with Crippen molar-refractivity contribution < 1.29 is 14.7 Å². The Balaban J connectivity index is 0.000000771. The van der Waals surface area contributed by atoms with E-state index in [9.17, 15) is 9.59 Å². The number of ketones is 1. The summed E-state index contributed by atoms with van der Waals surface area (Å²) in [5.41, 5.74) is 1.82. The molecule has 18 heavy (non-hydrogen) atoms. The number of carbonyl (C=O) groups is 2. The molecule has 0 amide bonds. The fourth-order valence-electron chi connectivity index (χ4n) is 1.47. The van der Waals surface area contributed by atoms with Gasteiger partial charge >= 0.3 is 0 Å². The Labute approximate surface area is 106 Å². The van der Waals surface area contributed by atoms with Crippen molar-refractivity contribution in [2.24, 2.45) is 0 Å². The molecule has 0 saturated heterocycles. The van der Waals surface area contributed by atoms with Crippen molar-refractivity contribution in [2.45, 2.75) is 0 Å². The van der Waals surface area contributed by atoms with Crippen molar-refractivity contribution in [3.05, 3.63) is 71.3 Å². The summed E-state index contributed by atoms with van der Waals surface area (Å²) in [4.78, 5) is 22.4. The highest BCUT2D eigenvalue weighted by molar-refractivity contribution is 6.09. The molecule has 0 aliphatic carbocycles. The highest BCUT2D eigenvalue weighted by Crippen LogP contribution is 2.10. The average molecular weight is 242 g/mol. The topological polar surface area (TPSA) is 54.4 Å². The Kier molecular flexibility index (Phi) is 5.48. The summed E-state index contributed by atoms with van der Waals surface area (Å²) in [5.74, 6) is -0.0296. The molecular weight excluding hydrogens is 228 g/mol. The summed E-state index contributed by atoms with van der Waals surface area (Å²) < 4.78 is 0. The number of aliphatic hydroxyl groups is 1. The number of aliphatic hydroxyl groups excluding tert-OH is 1. The lowest BCUT2D eigenvalue weighted by Crippen LogP contribution is -2.00. The van der Waals surface area contributed by atoms with Gasteiger partial charge in [-0.05, 0) is 0 Å². The standard InChI is InChI=1S/C14H10O2.CH4O/c15-10-11-6-8-13(9-7-11)14(16)12-4-2-1-3-5-12;1-2/h1-10H;2H,1H3. The van der Waals surface area contributed by atoms with Crippen molar-refractivity contribution in [1.82, 2.24) is 0 Å². The second-order valence-electron chi connectivity index (χ2n) is 3.44. The van der Waals surface area contributed by atoms with Gasteiger partial charge in [0.05, 0.1) is 0 Å². The number of benzene rings is 2. The number of rotatable bonds is 3. The zero-order valence-electron chi connectivity index (χ0n) is 10.0. The van der Waals surface area contributed by atoms with Gasteiger partial charge in [-0.3, -0.25) is 9.59 Å². The van der Waals surface area contributed by atoms with E-state index < -0.39 is 0 Å². The van der Waals surface area contributed by atoms with Gasteiger partial charge in [-0.25, -0.2) is 0 Å². The van der Waals surface area contributed by atoms with Crippen LogP contribution in [-0.2, 0) is 0 Å². The Morgan fingerprint density at radius 3 is 1.89 bits per heavy atom. The third-order valence-electron chi connectivity index (χ3n) is 2.34. The Hall–Kier alpha value is -2.26. The van der Waals surface area contributed by atoms with Gasteiger partial charge in [-0.1, -0.05) is 54.6 Å². The van der Waals surface area contributed by atoms with Gasteiger partial charge in [0, 0.05) is 23.8 Å². The van der Waals surface area contributed by atoms with Crippen molar-refractivity contribution in [1.29, 1.82) is 0 Å². The van der Waals surface area contributed by atoms with Crippen LogP contribution in [0.25, 0.3) is 0 Å². The molecule has 3 heteroatoms. The number of hydrogen-bond acceptors (Lipinski definition) is 3. The Morgan fingerprint density at radius 1 is 0.889 bits per heavy atom. The first-order chi connectivity index (χ1) is 8.81. The second kappa shape index (κ2) is 7.14. The van der Waals surface area contributed by atoms with Crippen LogP contribution in [0.15, 0.2) is 54.6 Å². The van der Waals surface area contributed by atoms with Gasteiger partial charge in [0.1, 0.15) is 6.29 Å². The third kappa shape index (κ3) is 3.37. The van der Waals surface area contributed by atoms with Crippen LogP contribution in [0.1, 0.15) is 26.3 Å². The van der Waals surface area contributed by atoms with Gasteiger partial charge in [0.15, 0.2) is 5.78 Å². The SMILES string of the molecule is CO.O=Cc1ccc(C(=O)c2ccccc2)cc1. The van der Waals surface area contributed by atoms with Crippen molar-refractivity contribution in [3.8, 4) is 0 Å². The fraction of sp³-hybridized carbons (Fsp3) is 0.0667. The zero-order chi connectivity index (χ0) is 13.4. The molecule has 92 valence electrons. The molecule has 0 spiro atoms. The van der Waals surface area contributed by atoms with E-state index in [1.807, 2.05) is 18.2 Å². The van der Waals surface area contributed by atoms with Gasteiger partial charge in [-0.2, -0.15) is 0 Å². The first-order valence-electron chi connectivity index (χ1n) is 5.41. The Bertz CT molecular complexity index is 501. The molecule has 2 rings (SSSR count). The van der Waals surface area contributed by atoms with Crippen molar-refractivity contribution in [2.75, 3.05) is 7.11 Å². The normalized spacial score (nSPS) is 9.00. The molecule has 3 nitrogen and oxygen atoms in total. The first-order valence-corrected chi connectivity index (χ1v) is 5.41. The maximum Gasteiger partial charge on any atom is 0.193 e. The van der Waals surface area contributed by atoms with E-state index in [4.69, 9.17) is 5.11 Å². The number of carbonyl (C=O) groups excluding carboxylic acids is 2. The van der Waals surface area contributed by atoms with Crippen LogP contribution >= 0.6 is 0 Å². The summed E-state index contributed by atoms with van der Waals surface area (Å²) in [7, 11) is 1.00. The first kappa shape index (κ1) is 13.8. The molecule has 2 aromatic rings. The quantitative estimate of drug-likeness (QED) is 0.664. The molecule has 0 radical (unpaired) electrons.